The molecule has 13 heavy (non-hydrogen) atoms. The molecule has 1 N–H and O–H groups in total. The maximum Gasteiger partial charge on any atom is 0.213 e. The summed E-state index contributed by atoms with van der Waals surface area (Å²) < 4.78 is 24.2. The molecule has 0 aromatic heterocycles. The average Bonchev–Trinajstić information content (AvgIpc) is 2.22. The summed E-state index contributed by atoms with van der Waals surface area (Å²) in [4.78, 5) is 0. The zero-order valence-corrected chi connectivity index (χ0v) is 9.18. The second kappa shape index (κ2) is 6.34. The maximum absolute atomic E-state index is 11.3. The number of nitrogens with zero attached hydrogens (tertiary/aromatic N) is 1. The fourth-order valence-electron chi connectivity index (χ4n) is 1.33. The van der Waals surface area contributed by atoms with Crippen LogP contribution in [0, 0.1) is 0 Å². The lowest BCUT2D eigenvalue weighted by Gasteiger charge is -2.24. The molecule has 4 nitrogen and oxygen atoms in total. The van der Waals surface area contributed by atoms with E-state index in [9.17, 15) is 8.42 Å². The van der Waals surface area contributed by atoms with Crippen LogP contribution in [-0.2, 0) is 10.0 Å². The molecule has 0 atom stereocenters. The molecule has 0 saturated carbocycles. The zero-order chi connectivity index (χ0) is 10.3. The highest BCUT2D eigenvalue weighted by molar-refractivity contribution is 7.89. The van der Waals surface area contributed by atoms with Crippen LogP contribution >= 0.6 is 0 Å². The van der Waals surface area contributed by atoms with Gasteiger partial charge in [-0.25, -0.2) is 12.7 Å². The highest BCUT2D eigenvalue weighted by atomic mass is 32.2. The maximum atomic E-state index is 11.3. The molecular weight excluding hydrogens is 190 g/mol. The van der Waals surface area contributed by atoms with Crippen molar-refractivity contribution in [1.82, 2.24) is 4.31 Å². The molecule has 1 saturated heterocycles. The van der Waals surface area contributed by atoms with Gasteiger partial charge in [-0.15, -0.1) is 0 Å². The first-order valence-electron chi connectivity index (χ1n) is 4.59. The SMILES string of the molecule is CCS(=O)(=O)N1CCCCC1.CO. The van der Waals surface area contributed by atoms with Crippen LogP contribution in [0.5, 0.6) is 0 Å². The van der Waals surface area contributed by atoms with Gasteiger partial charge in [0.1, 0.15) is 0 Å². The Hall–Kier alpha value is -0.130. The van der Waals surface area contributed by atoms with Crippen LogP contribution in [-0.4, -0.2) is 43.8 Å². The fourth-order valence-corrected chi connectivity index (χ4v) is 2.51. The molecule has 1 heterocycles. The van der Waals surface area contributed by atoms with Crippen LogP contribution in [0.2, 0.25) is 0 Å². The fraction of sp³-hybridized carbons (Fsp3) is 1.00. The van der Waals surface area contributed by atoms with Gasteiger partial charge in [0.05, 0.1) is 5.75 Å². The predicted octanol–water partition coefficient (Wildman–Crippen LogP) is 0.430. The van der Waals surface area contributed by atoms with Gasteiger partial charge in [-0.1, -0.05) is 6.42 Å². The minimum atomic E-state index is -2.89. The van der Waals surface area contributed by atoms with E-state index in [0.29, 0.717) is 0 Å². The van der Waals surface area contributed by atoms with E-state index in [1.54, 1.807) is 11.2 Å². The highest BCUT2D eigenvalue weighted by Crippen LogP contribution is 2.12. The number of rotatable bonds is 2. The van der Waals surface area contributed by atoms with Gasteiger partial charge in [-0.05, 0) is 19.8 Å². The Morgan fingerprint density at radius 1 is 1.15 bits per heavy atom. The first-order chi connectivity index (χ1) is 6.17. The van der Waals surface area contributed by atoms with Crippen LogP contribution < -0.4 is 0 Å². The van der Waals surface area contributed by atoms with E-state index >= 15 is 0 Å². The smallest absolute Gasteiger partial charge is 0.213 e. The van der Waals surface area contributed by atoms with E-state index < -0.39 is 10.0 Å². The Morgan fingerprint density at radius 2 is 1.62 bits per heavy atom. The van der Waals surface area contributed by atoms with E-state index in [0.717, 1.165) is 33.0 Å². The van der Waals surface area contributed by atoms with Crippen molar-refractivity contribution < 1.29 is 13.5 Å². The molecule has 1 rings (SSSR count). The molecule has 1 aliphatic rings. The highest BCUT2D eigenvalue weighted by Gasteiger charge is 2.21. The summed E-state index contributed by atoms with van der Waals surface area (Å²) in [6.07, 6.45) is 3.23. The number of hydrogen-bond donors (Lipinski definition) is 1. The second-order valence-corrected chi connectivity index (χ2v) is 5.12. The standard InChI is InChI=1S/C7H15NO2S.CH4O/c1-2-11(9,10)8-6-4-3-5-7-8;1-2/h2-7H2,1H3;2H,1H3. The molecule has 0 aliphatic carbocycles. The van der Waals surface area contributed by atoms with Gasteiger partial charge in [0.15, 0.2) is 0 Å². The van der Waals surface area contributed by atoms with E-state index in [4.69, 9.17) is 5.11 Å². The zero-order valence-electron chi connectivity index (χ0n) is 8.36. The topological polar surface area (TPSA) is 57.6 Å². The normalized spacial score (nSPS) is 19.0. The Kier molecular flexibility index (Phi) is 6.28. The van der Waals surface area contributed by atoms with Crippen LogP contribution in [0.4, 0.5) is 0 Å². The van der Waals surface area contributed by atoms with Crippen LogP contribution in [0.15, 0.2) is 0 Å². The van der Waals surface area contributed by atoms with E-state index in [2.05, 4.69) is 0 Å². The van der Waals surface area contributed by atoms with Crippen molar-refractivity contribution in [1.29, 1.82) is 0 Å². The van der Waals surface area contributed by atoms with E-state index in [1.807, 2.05) is 0 Å². The monoisotopic (exact) mass is 209 g/mol. The summed E-state index contributed by atoms with van der Waals surface area (Å²) in [5.41, 5.74) is 0. The van der Waals surface area contributed by atoms with Gasteiger partial charge in [-0.2, -0.15) is 0 Å². The lowest BCUT2D eigenvalue weighted by atomic mass is 10.2. The molecule has 1 fully saturated rings. The molecular formula is C8H19NO3S. The molecule has 80 valence electrons. The van der Waals surface area contributed by atoms with E-state index in [-0.39, 0.29) is 5.75 Å². The second-order valence-electron chi connectivity index (χ2n) is 2.86. The Labute approximate surface area is 80.6 Å². The number of piperidine rings is 1. The van der Waals surface area contributed by atoms with Gasteiger partial charge < -0.3 is 5.11 Å². The number of hydrogen-bond acceptors (Lipinski definition) is 3. The van der Waals surface area contributed by atoms with Gasteiger partial charge in [0.25, 0.3) is 0 Å². The quantitative estimate of drug-likeness (QED) is 0.717. The van der Waals surface area contributed by atoms with E-state index in [1.165, 1.54) is 6.42 Å². The van der Waals surface area contributed by atoms with Crippen LogP contribution in [0.1, 0.15) is 26.2 Å². The first-order valence-corrected chi connectivity index (χ1v) is 6.20. The lowest BCUT2D eigenvalue weighted by molar-refractivity contribution is 0.347. The molecule has 0 bridgehead atoms. The third kappa shape index (κ3) is 4.06. The van der Waals surface area contributed by atoms with Crippen molar-refractivity contribution in [3.8, 4) is 0 Å². The molecule has 0 aromatic rings. The Morgan fingerprint density at radius 3 is 2.00 bits per heavy atom. The molecule has 0 spiro atoms. The van der Waals surface area contributed by atoms with Gasteiger partial charge in [-0.3, -0.25) is 0 Å². The van der Waals surface area contributed by atoms with Gasteiger partial charge in [0, 0.05) is 20.2 Å². The summed E-state index contributed by atoms with van der Waals surface area (Å²) in [6.45, 7) is 3.16. The number of sulfonamides is 1. The molecule has 1 aliphatic heterocycles. The largest absolute Gasteiger partial charge is 0.400 e. The molecule has 0 aromatic carbocycles. The Bertz CT molecular complexity index is 207. The summed E-state index contributed by atoms with van der Waals surface area (Å²) in [6, 6.07) is 0. The van der Waals surface area contributed by atoms with Crippen molar-refractivity contribution in [3.05, 3.63) is 0 Å². The third-order valence-corrected chi connectivity index (χ3v) is 3.95. The lowest BCUT2D eigenvalue weighted by Crippen LogP contribution is -2.36. The van der Waals surface area contributed by atoms with Crippen molar-refractivity contribution in [2.45, 2.75) is 26.2 Å². The first kappa shape index (κ1) is 12.9. The number of aliphatic hydroxyl groups excluding tert-OH is 1. The van der Waals surface area contributed by atoms with Crippen molar-refractivity contribution in [2.75, 3.05) is 26.0 Å². The minimum absolute atomic E-state index is 0.243. The van der Waals surface area contributed by atoms with Gasteiger partial charge >= 0.3 is 0 Å². The molecule has 0 radical (unpaired) electrons. The van der Waals surface area contributed by atoms with Crippen molar-refractivity contribution in [2.24, 2.45) is 0 Å². The third-order valence-electron chi connectivity index (χ3n) is 2.07. The summed E-state index contributed by atoms with van der Waals surface area (Å²) in [5, 5.41) is 7.00. The number of aliphatic hydroxyl groups is 1. The minimum Gasteiger partial charge on any atom is -0.400 e. The summed E-state index contributed by atoms with van der Waals surface area (Å²) in [5.74, 6) is 0.243. The van der Waals surface area contributed by atoms with Crippen LogP contribution in [0.25, 0.3) is 0 Å². The van der Waals surface area contributed by atoms with Crippen LogP contribution in [0.3, 0.4) is 0 Å². The summed E-state index contributed by atoms with van der Waals surface area (Å²) in [7, 11) is -1.89. The van der Waals surface area contributed by atoms with Crippen molar-refractivity contribution >= 4 is 10.0 Å². The summed E-state index contributed by atoms with van der Waals surface area (Å²) >= 11 is 0. The molecule has 5 heteroatoms. The predicted molar refractivity (Wildman–Crippen MR) is 53.0 cm³/mol. The van der Waals surface area contributed by atoms with Gasteiger partial charge in [0.2, 0.25) is 10.0 Å². The van der Waals surface area contributed by atoms with Crippen molar-refractivity contribution in [3.63, 3.8) is 0 Å². The molecule has 0 amide bonds. The Balaban J connectivity index is 0.000000671. The average molecular weight is 209 g/mol. The molecule has 0 unspecified atom stereocenters.